The molecule has 5 heteroatoms. The normalized spacial score (nSPS) is 14.7. The molecule has 0 radical (unpaired) electrons. The summed E-state index contributed by atoms with van der Waals surface area (Å²) in [4.78, 5) is 18.3. The minimum Gasteiger partial charge on any atom is -0.309 e. The van der Waals surface area contributed by atoms with Gasteiger partial charge in [0.05, 0.1) is 22.1 Å². The molecule has 63 heavy (non-hydrogen) atoms. The largest absolute Gasteiger partial charge is 0.309 e. The molecule has 11 aromatic rings. The van der Waals surface area contributed by atoms with Crippen LogP contribution in [0.4, 0.5) is 0 Å². The van der Waals surface area contributed by atoms with Gasteiger partial charge in [-0.3, -0.25) is 0 Å². The Labute approximate surface area is 369 Å². The molecule has 294 valence electrons. The minimum absolute atomic E-state index is 0.618. The van der Waals surface area contributed by atoms with Gasteiger partial charge in [0.15, 0.2) is 17.5 Å². The Balaban J connectivity index is 1.05. The number of nitrogens with zero attached hydrogens (tertiary/aromatic N) is 4. The second kappa shape index (κ2) is 14.1. The summed E-state index contributed by atoms with van der Waals surface area (Å²) in [5.74, 6) is 1.91. The van der Waals surface area contributed by atoms with E-state index in [2.05, 4.69) is 211 Å². The summed E-state index contributed by atoms with van der Waals surface area (Å²) < 4.78 is 2.49. The van der Waals surface area contributed by atoms with Gasteiger partial charge in [-0.25, -0.2) is 15.0 Å². The Bertz CT molecular complexity index is 3480. The Kier molecular flexibility index (Phi) is 8.02. The Morgan fingerprint density at radius 3 is 1.54 bits per heavy atom. The molecule has 0 saturated carbocycles. The average molecular weight is 821 g/mol. The molecular weight excluding hydrogens is 785 g/mol. The first kappa shape index (κ1) is 35.9. The van der Waals surface area contributed by atoms with Crippen LogP contribution in [0.1, 0.15) is 22.3 Å². The molecule has 9 aromatic carbocycles. The van der Waals surface area contributed by atoms with E-state index in [1.54, 1.807) is 0 Å². The lowest BCUT2D eigenvalue weighted by atomic mass is 9.62. The van der Waals surface area contributed by atoms with Gasteiger partial charge in [0.25, 0.3) is 0 Å². The summed E-state index contributed by atoms with van der Waals surface area (Å²) in [6.07, 6.45) is 0. The van der Waals surface area contributed by atoms with Crippen LogP contribution in [0.25, 0.3) is 83.9 Å². The summed E-state index contributed by atoms with van der Waals surface area (Å²) in [6.45, 7) is 0. The Morgan fingerprint density at radius 1 is 0.349 bits per heavy atom. The van der Waals surface area contributed by atoms with Crippen molar-refractivity contribution in [1.82, 2.24) is 19.5 Å². The van der Waals surface area contributed by atoms with Crippen molar-refractivity contribution in [2.24, 2.45) is 0 Å². The molecule has 2 aliphatic rings. The van der Waals surface area contributed by atoms with Crippen molar-refractivity contribution in [3.8, 4) is 62.1 Å². The molecule has 2 aliphatic heterocycles. The van der Waals surface area contributed by atoms with Crippen molar-refractivity contribution in [1.29, 1.82) is 0 Å². The molecule has 1 unspecified atom stereocenters. The molecule has 0 fully saturated rings. The zero-order chi connectivity index (χ0) is 41.5. The maximum atomic E-state index is 5.37. The van der Waals surface area contributed by atoms with Gasteiger partial charge in [0.1, 0.15) is 0 Å². The molecule has 1 spiro atoms. The monoisotopic (exact) mass is 820 g/mol. The summed E-state index contributed by atoms with van der Waals surface area (Å²) in [5, 5.41) is 2.52. The predicted molar refractivity (Wildman–Crippen MR) is 257 cm³/mol. The van der Waals surface area contributed by atoms with Crippen molar-refractivity contribution in [2.45, 2.75) is 15.2 Å². The summed E-state index contributed by atoms with van der Waals surface area (Å²) in [7, 11) is 0. The third-order valence-electron chi connectivity index (χ3n) is 12.9. The zero-order valence-corrected chi connectivity index (χ0v) is 34.8. The third-order valence-corrected chi connectivity index (χ3v) is 14.2. The highest BCUT2D eigenvalue weighted by atomic mass is 32.2. The number of hydrogen-bond donors (Lipinski definition) is 0. The molecule has 0 amide bonds. The van der Waals surface area contributed by atoms with Gasteiger partial charge in [0, 0.05) is 37.3 Å². The molecule has 1 atom stereocenters. The third kappa shape index (κ3) is 5.40. The van der Waals surface area contributed by atoms with Gasteiger partial charge >= 0.3 is 0 Å². The number of fused-ring (bicyclic) bond motifs is 11. The van der Waals surface area contributed by atoms with Crippen molar-refractivity contribution in [2.75, 3.05) is 0 Å². The standard InChI is InChI=1S/C58H36N4S/c1-3-15-37(16-4-1)39-29-33-41(34-30-39)55-59-56(42-35-31-40(32-36-42)38-17-5-2-6-18-38)61-57(60-55)45-21-14-25-49-54(45)63-52-28-12-9-23-47(52)58(49)46-22-8-11-27-51(46)62-50-26-10-7-19-43(50)44-20-13-24-48(58)53(44)62/h1-36H. The highest BCUT2D eigenvalue weighted by molar-refractivity contribution is 7.99. The van der Waals surface area contributed by atoms with E-state index in [1.807, 2.05) is 23.9 Å². The van der Waals surface area contributed by atoms with E-state index >= 15 is 0 Å². The van der Waals surface area contributed by atoms with E-state index in [0.717, 1.165) is 32.7 Å². The van der Waals surface area contributed by atoms with Crippen LogP contribution in [-0.4, -0.2) is 19.5 Å². The molecule has 13 rings (SSSR count). The summed E-state index contributed by atoms with van der Waals surface area (Å²) in [5.41, 5.74) is 15.5. The van der Waals surface area contributed by atoms with Crippen LogP contribution in [0.2, 0.25) is 0 Å². The lowest BCUT2D eigenvalue weighted by Crippen LogP contribution is -2.37. The van der Waals surface area contributed by atoms with Crippen molar-refractivity contribution < 1.29 is 0 Å². The Morgan fingerprint density at radius 2 is 0.841 bits per heavy atom. The lowest BCUT2D eigenvalue weighted by Gasteiger charge is -2.45. The fourth-order valence-corrected chi connectivity index (χ4v) is 11.5. The van der Waals surface area contributed by atoms with Gasteiger partial charge in [-0.05, 0) is 62.7 Å². The van der Waals surface area contributed by atoms with E-state index in [0.29, 0.717) is 17.5 Å². The first-order chi connectivity index (χ1) is 31.2. The highest BCUT2D eigenvalue weighted by Gasteiger charge is 2.50. The molecule has 4 heterocycles. The van der Waals surface area contributed by atoms with E-state index in [4.69, 9.17) is 15.0 Å². The first-order valence-electron chi connectivity index (χ1n) is 21.4. The van der Waals surface area contributed by atoms with E-state index in [-0.39, 0.29) is 0 Å². The van der Waals surface area contributed by atoms with Gasteiger partial charge in [-0.15, -0.1) is 0 Å². The first-order valence-corrected chi connectivity index (χ1v) is 22.2. The lowest BCUT2D eigenvalue weighted by molar-refractivity contribution is 0.690. The Hall–Kier alpha value is -7.86. The van der Waals surface area contributed by atoms with Crippen LogP contribution in [0.3, 0.4) is 0 Å². The molecule has 0 N–H and O–H groups in total. The topological polar surface area (TPSA) is 43.6 Å². The SMILES string of the molecule is c1ccc(-c2ccc(-c3nc(-c4ccc(-c5ccccc5)cc4)nc(-c4cccc5c4Sc4ccccc4C54c5ccccc5-n5c6ccccc6c6cccc4c65)n3)cc2)cc1. The van der Waals surface area contributed by atoms with Gasteiger partial charge in [0.2, 0.25) is 0 Å². The minimum atomic E-state index is -0.618. The number of benzene rings is 9. The van der Waals surface area contributed by atoms with E-state index in [1.165, 1.54) is 65.8 Å². The number of aromatic nitrogens is 4. The van der Waals surface area contributed by atoms with Crippen molar-refractivity contribution in [3.63, 3.8) is 0 Å². The average Bonchev–Trinajstić information content (AvgIpc) is 3.71. The van der Waals surface area contributed by atoms with E-state index < -0.39 is 5.41 Å². The van der Waals surface area contributed by atoms with Crippen LogP contribution >= 0.6 is 11.8 Å². The molecule has 0 aliphatic carbocycles. The molecule has 4 nitrogen and oxygen atoms in total. The predicted octanol–water partition coefficient (Wildman–Crippen LogP) is 14.5. The summed E-state index contributed by atoms with van der Waals surface area (Å²) in [6, 6.07) is 78.5. The second-order valence-corrected chi connectivity index (χ2v) is 17.3. The molecule has 0 saturated heterocycles. The van der Waals surface area contributed by atoms with Gasteiger partial charge in [-0.1, -0.05) is 212 Å². The van der Waals surface area contributed by atoms with Crippen LogP contribution in [0, 0.1) is 0 Å². The van der Waals surface area contributed by atoms with Gasteiger partial charge < -0.3 is 4.57 Å². The van der Waals surface area contributed by atoms with E-state index in [9.17, 15) is 0 Å². The zero-order valence-electron chi connectivity index (χ0n) is 34.0. The second-order valence-electron chi connectivity index (χ2n) is 16.3. The fourth-order valence-electron chi connectivity index (χ4n) is 10.2. The quantitative estimate of drug-likeness (QED) is 0.173. The molecule has 0 bridgehead atoms. The maximum absolute atomic E-state index is 5.37. The van der Waals surface area contributed by atoms with Gasteiger partial charge in [-0.2, -0.15) is 0 Å². The van der Waals surface area contributed by atoms with Crippen LogP contribution in [0.15, 0.2) is 228 Å². The summed E-state index contributed by atoms with van der Waals surface area (Å²) >= 11 is 1.82. The fraction of sp³-hybridized carbons (Fsp3) is 0.0172. The molecule has 2 aromatic heterocycles. The number of hydrogen-bond acceptors (Lipinski definition) is 4. The van der Waals surface area contributed by atoms with Crippen LogP contribution in [0.5, 0.6) is 0 Å². The van der Waals surface area contributed by atoms with Crippen LogP contribution in [-0.2, 0) is 5.41 Å². The number of para-hydroxylation sites is 3. The number of rotatable bonds is 5. The highest BCUT2D eigenvalue weighted by Crippen LogP contribution is 2.61. The maximum Gasteiger partial charge on any atom is 0.165 e. The van der Waals surface area contributed by atoms with Crippen LogP contribution < -0.4 is 0 Å². The van der Waals surface area contributed by atoms with Crippen molar-refractivity contribution >= 4 is 33.6 Å². The smallest absolute Gasteiger partial charge is 0.165 e. The molecular formula is C58H36N4S. The van der Waals surface area contributed by atoms with Crippen molar-refractivity contribution in [3.05, 3.63) is 241 Å².